The van der Waals surface area contributed by atoms with E-state index in [0.717, 1.165) is 17.9 Å². The molecular weight excluding hydrogens is 250 g/mol. The van der Waals surface area contributed by atoms with Crippen LogP contribution < -0.4 is 10.5 Å². The Morgan fingerprint density at radius 1 is 1.30 bits per heavy atom. The van der Waals surface area contributed by atoms with Gasteiger partial charge in [0.2, 0.25) is 0 Å². The summed E-state index contributed by atoms with van der Waals surface area (Å²) in [6.45, 7) is 1.35. The first-order valence-electron chi connectivity index (χ1n) is 7.63. The first kappa shape index (κ1) is 15.0. The Balaban J connectivity index is 1.92. The number of ether oxygens (including phenoxy) is 1. The number of benzene rings is 1. The van der Waals surface area contributed by atoms with Gasteiger partial charge in [0.25, 0.3) is 0 Å². The van der Waals surface area contributed by atoms with Crippen molar-refractivity contribution in [3.63, 3.8) is 0 Å². The van der Waals surface area contributed by atoms with Crippen LogP contribution in [0.15, 0.2) is 29.4 Å². The Morgan fingerprint density at radius 2 is 2.10 bits per heavy atom. The summed E-state index contributed by atoms with van der Waals surface area (Å²) in [6.07, 6.45) is 7.33. The second kappa shape index (κ2) is 8.00. The van der Waals surface area contributed by atoms with Gasteiger partial charge in [-0.25, -0.2) is 5.53 Å². The lowest BCUT2D eigenvalue weighted by Crippen LogP contribution is -2.15. The van der Waals surface area contributed by atoms with Crippen LogP contribution in [-0.2, 0) is 0 Å². The fourth-order valence-electron chi connectivity index (χ4n) is 2.84. The molecular formula is C16H25N3O. The van der Waals surface area contributed by atoms with E-state index >= 15 is 0 Å². The van der Waals surface area contributed by atoms with Gasteiger partial charge in [0.1, 0.15) is 5.75 Å². The van der Waals surface area contributed by atoms with Gasteiger partial charge < -0.3 is 10.5 Å². The van der Waals surface area contributed by atoms with Crippen LogP contribution in [0.2, 0.25) is 0 Å². The minimum absolute atomic E-state index is 0.141. The van der Waals surface area contributed by atoms with E-state index in [1.807, 2.05) is 24.3 Å². The van der Waals surface area contributed by atoms with Crippen LogP contribution in [0.1, 0.15) is 50.1 Å². The Labute approximate surface area is 121 Å². The highest BCUT2D eigenvalue weighted by Gasteiger charge is 2.14. The SMILES string of the molecule is N=NC(CCN)c1cccc(OCC2CCCCC2)c1. The number of nitrogens with two attached hydrogens (primary N) is 1. The van der Waals surface area contributed by atoms with Gasteiger partial charge >= 0.3 is 0 Å². The molecule has 1 fully saturated rings. The fourth-order valence-corrected chi connectivity index (χ4v) is 2.84. The summed E-state index contributed by atoms with van der Waals surface area (Å²) in [4.78, 5) is 0. The Kier molecular flexibility index (Phi) is 5.99. The molecule has 0 spiro atoms. The maximum absolute atomic E-state index is 7.26. The lowest BCUT2D eigenvalue weighted by molar-refractivity contribution is 0.208. The monoisotopic (exact) mass is 275 g/mol. The molecule has 4 nitrogen and oxygen atoms in total. The number of rotatable bonds is 7. The summed E-state index contributed by atoms with van der Waals surface area (Å²) in [6, 6.07) is 7.81. The van der Waals surface area contributed by atoms with Crippen molar-refractivity contribution < 1.29 is 4.74 Å². The molecule has 0 aromatic heterocycles. The third-order valence-electron chi connectivity index (χ3n) is 4.05. The maximum atomic E-state index is 7.26. The Hall–Kier alpha value is -1.42. The van der Waals surface area contributed by atoms with Gasteiger partial charge in [0.15, 0.2) is 0 Å². The van der Waals surface area contributed by atoms with Crippen LogP contribution in [0.25, 0.3) is 0 Å². The van der Waals surface area contributed by atoms with E-state index in [0.29, 0.717) is 18.9 Å². The molecule has 2 rings (SSSR count). The summed E-state index contributed by atoms with van der Waals surface area (Å²) in [5, 5.41) is 3.65. The van der Waals surface area contributed by atoms with Crippen LogP contribution in [0.5, 0.6) is 5.75 Å². The molecule has 4 heteroatoms. The Morgan fingerprint density at radius 3 is 2.80 bits per heavy atom. The van der Waals surface area contributed by atoms with E-state index in [4.69, 9.17) is 16.0 Å². The molecule has 0 heterocycles. The van der Waals surface area contributed by atoms with Gasteiger partial charge in [-0.3, -0.25) is 0 Å². The number of nitrogens with one attached hydrogen (secondary N) is 1. The molecule has 1 aliphatic rings. The molecule has 1 aromatic rings. The molecule has 1 atom stereocenters. The third kappa shape index (κ3) is 4.30. The molecule has 0 aliphatic heterocycles. The van der Waals surface area contributed by atoms with Crippen molar-refractivity contribution in [2.75, 3.05) is 13.2 Å². The van der Waals surface area contributed by atoms with Crippen LogP contribution in [-0.4, -0.2) is 13.2 Å². The Bertz CT molecular complexity index is 416. The van der Waals surface area contributed by atoms with E-state index in [9.17, 15) is 0 Å². The van der Waals surface area contributed by atoms with Gasteiger partial charge in [0.05, 0.1) is 12.6 Å². The van der Waals surface area contributed by atoms with Gasteiger partial charge in [-0.05, 0) is 49.4 Å². The highest BCUT2D eigenvalue weighted by atomic mass is 16.5. The van der Waals surface area contributed by atoms with E-state index in [2.05, 4.69) is 5.11 Å². The van der Waals surface area contributed by atoms with Crippen molar-refractivity contribution in [1.82, 2.24) is 0 Å². The molecule has 1 aliphatic carbocycles. The fraction of sp³-hybridized carbons (Fsp3) is 0.625. The number of hydrogen-bond acceptors (Lipinski definition) is 4. The lowest BCUT2D eigenvalue weighted by Gasteiger charge is -2.22. The molecule has 1 aromatic carbocycles. The van der Waals surface area contributed by atoms with Crippen LogP contribution in [0.4, 0.5) is 0 Å². The topological polar surface area (TPSA) is 71.5 Å². The van der Waals surface area contributed by atoms with Gasteiger partial charge in [-0.15, -0.1) is 0 Å². The van der Waals surface area contributed by atoms with Crippen LogP contribution >= 0.6 is 0 Å². The van der Waals surface area contributed by atoms with Gasteiger partial charge in [-0.1, -0.05) is 31.4 Å². The van der Waals surface area contributed by atoms with Crippen molar-refractivity contribution in [2.45, 2.75) is 44.6 Å². The maximum Gasteiger partial charge on any atom is 0.119 e. The minimum Gasteiger partial charge on any atom is -0.493 e. The first-order valence-corrected chi connectivity index (χ1v) is 7.63. The second-order valence-corrected chi connectivity index (χ2v) is 5.61. The molecule has 20 heavy (non-hydrogen) atoms. The van der Waals surface area contributed by atoms with Crippen molar-refractivity contribution >= 4 is 0 Å². The molecule has 3 N–H and O–H groups in total. The molecule has 0 amide bonds. The van der Waals surface area contributed by atoms with E-state index in [1.54, 1.807) is 0 Å². The van der Waals surface area contributed by atoms with Crippen molar-refractivity contribution in [1.29, 1.82) is 5.53 Å². The molecule has 0 saturated heterocycles. The zero-order chi connectivity index (χ0) is 14.2. The van der Waals surface area contributed by atoms with E-state index in [-0.39, 0.29) is 6.04 Å². The van der Waals surface area contributed by atoms with Crippen LogP contribution in [0.3, 0.4) is 0 Å². The molecule has 1 saturated carbocycles. The standard InChI is InChI=1S/C16H25N3O/c17-10-9-16(19-18)14-7-4-8-15(11-14)20-12-13-5-2-1-3-6-13/h4,7-8,11,13,16,18H,1-3,5-6,9-10,12,17H2. The minimum atomic E-state index is -0.141. The third-order valence-corrected chi connectivity index (χ3v) is 4.05. The highest BCUT2D eigenvalue weighted by Crippen LogP contribution is 2.27. The summed E-state index contributed by atoms with van der Waals surface area (Å²) in [5.41, 5.74) is 13.8. The summed E-state index contributed by atoms with van der Waals surface area (Å²) < 4.78 is 5.92. The summed E-state index contributed by atoms with van der Waals surface area (Å²) in [7, 11) is 0. The normalized spacial score (nSPS) is 17.6. The largest absolute Gasteiger partial charge is 0.493 e. The van der Waals surface area contributed by atoms with Crippen molar-refractivity contribution in [3.8, 4) is 5.75 Å². The van der Waals surface area contributed by atoms with E-state index < -0.39 is 0 Å². The van der Waals surface area contributed by atoms with Crippen molar-refractivity contribution in [2.24, 2.45) is 16.8 Å². The highest BCUT2D eigenvalue weighted by molar-refractivity contribution is 5.30. The van der Waals surface area contributed by atoms with Gasteiger partial charge in [-0.2, -0.15) is 5.11 Å². The second-order valence-electron chi connectivity index (χ2n) is 5.61. The predicted molar refractivity (Wildman–Crippen MR) is 80.1 cm³/mol. The number of hydrogen-bond donors (Lipinski definition) is 2. The zero-order valence-electron chi connectivity index (χ0n) is 12.1. The molecule has 1 unspecified atom stereocenters. The average Bonchev–Trinajstić information content (AvgIpc) is 2.52. The summed E-state index contributed by atoms with van der Waals surface area (Å²) >= 11 is 0. The summed E-state index contributed by atoms with van der Waals surface area (Å²) in [5.74, 6) is 1.59. The molecule has 0 bridgehead atoms. The quantitative estimate of drug-likeness (QED) is 0.736. The first-order chi connectivity index (χ1) is 9.83. The van der Waals surface area contributed by atoms with Crippen LogP contribution in [0, 0.1) is 11.4 Å². The predicted octanol–water partition coefficient (Wildman–Crippen LogP) is 4.07. The smallest absolute Gasteiger partial charge is 0.119 e. The lowest BCUT2D eigenvalue weighted by atomic mass is 9.90. The number of nitrogens with zero attached hydrogens (tertiary/aromatic N) is 1. The average molecular weight is 275 g/mol. The van der Waals surface area contributed by atoms with E-state index in [1.165, 1.54) is 32.1 Å². The zero-order valence-corrected chi connectivity index (χ0v) is 12.1. The van der Waals surface area contributed by atoms with Crippen molar-refractivity contribution in [3.05, 3.63) is 29.8 Å². The molecule has 110 valence electrons. The molecule has 0 radical (unpaired) electrons. The van der Waals surface area contributed by atoms with Gasteiger partial charge in [0, 0.05) is 0 Å².